The number of halogens is 1. The molecule has 3 nitrogen and oxygen atoms in total. The van der Waals surface area contributed by atoms with Crippen molar-refractivity contribution in [3.05, 3.63) is 32.6 Å². The van der Waals surface area contributed by atoms with Gasteiger partial charge in [0.05, 0.1) is 17.9 Å². The molecule has 0 amide bonds. The van der Waals surface area contributed by atoms with Crippen molar-refractivity contribution in [2.75, 3.05) is 6.61 Å². The highest BCUT2D eigenvalue weighted by atomic mass is 127. The van der Waals surface area contributed by atoms with Crippen LogP contribution in [0.25, 0.3) is 0 Å². The van der Waals surface area contributed by atoms with Gasteiger partial charge in [0.2, 0.25) is 5.90 Å². The zero-order valence-electron chi connectivity index (χ0n) is 11.3. The molecule has 2 aliphatic rings. The van der Waals surface area contributed by atoms with Gasteiger partial charge in [-0.25, -0.2) is 4.99 Å². The van der Waals surface area contributed by atoms with E-state index >= 15 is 0 Å². The number of fused-ring (bicyclic) bond motifs is 1. The summed E-state index contributed by atoms with van der Waals surface area (Å²) in [5.74, 6) is 0.715. The van der Waals surface area contributed by atoms with Gasteiger partial charge in [-0.05, 0) is 47.6 Å². The number of aliphatic imine (C=N–C) groups is 1. The first-order valence-corrected chi connectivity index (χ1v) is 7.83. The van der Waals surface area contributed by atoms with Crippen LogP contribution in [0.1, 0.15) is 39.5 Å². The van der Waals surface area contributed by atoms with Crippen molar-refractivity contribution in [1.82, 2.24) is 0 Å². The highest BCUT2D eigenvalue weighted by molar-refractivity contribution is 14.1. The summed E-state index contributed by atoms with van der Waals surface area (Å²) in [6, 6.07) is 0. The van der Waals surface area contributed by atoms with E-state index in [1.54, 1.807) is 6.08 Å². The maximum Gasteiger partial charge on any atom is 0.217 e. The molecule has 0 N–H and O–H groups in total. The molecular formula is C15H18INO2. The third kappa shape index (κ3) is 3.16. The average Bonchev–Trinajstić information content (AvgIpc) is 2.68. The van der Waals surface area contributed by atoms with Gasteiger partial charge in [0.1, 0.15) is 0 Å². The molecule has 0 aromatic carbocycles. The fourth-order valence-electron chi connectivity index (χ4n) is 2.16. The van der Waals surface area contributed by atoms with E-state index in [-0.39, 0.29) is 5.78 Å². The molecule has 102 valence electrons. The SMILES string of the molecule is CCCCOC1=NC2=CC(I)=CC(=O)C2=C1CCC. The van der Waals surface area contributed by atoms with Gasteiger partial charge in [0.25, 0.3) is 0 Å². The fraction of sp³-hybridized carbons (Fsp3) is 0.467. The summed E-state index contributed by atoms with van der Waals surface area (Å²) in [5, 5.41) is 0. The number of rotatable bonds is 5. The largest absolute Gasteiger partial charge is 0.477 e. The van der Waals surface area contributed by atoms with E-state index < -0.39 is 0 Å². The van der Waals surface area contributed by atoms with Gasteiger partial charge in [0.15, 0.2) is 5.78 Å². The number of carbonyl (C=O) groups is 1. The molecule has 1 aliphatic carbocycles. The molecule has 0 saturated heterocycles. The molecule has 0 saturated carbocycles. The lowest BCUT2D eigenvalue weighted by Gasteiger charge is -2.10. The molecule has 19 heavy (non-hydrogen) atoms. The summed E-state index contributed by atoms with van der Waals surface area (Å²) >= 11 is 2.15. The van der Waals surface area contributed by atoms with Crippen molar-refractivity contribution in [2.45, 2.75) is 39.5 Å². The van der Waals surface area contributed by atoms with Gasteiger partial charge >= 0.3 is 0 Å². The van der Waals surface area contributed by atoms with E-state index in [1.165, 1.54) is 0 Å². The van der Waals surface area contributed by atoms with Crippen LogP contribution in [0.5, 0.6) is 0 Å². The minimum Gasteiger partial charge on any atom is -0.477 e. The minimum absolute atomic E-state index is 0.0585. The number of nitrogens with zero attached hydrogens (tertiary/aromatic N) is 1. The van der Waals surface area contributed by atoms with Crippen LogP contribution >= 0.6 is 22.6 Å². The number of hydrogen-bond acceptors (Lipinski definition) is 3. The second kappa shape index (κ2) is 6.50. The Balaban J connectivity index is 2.28. The third-order valence-electron chi connectivity index (χ3n) is 3.06. The highest BCUT2D eigenvalue weighted by Gasteiger charge is 2.30. The Labute approximate surface area is 127 Å². The van der Waals surface area contributed by atoms with E-state index in [0.717, 1.165) is 46.1 Å². The maximum atomic E-state index is 12.1. The quantitative estimate of drug-likeness (QED) is 0.539. The van der Waals surface area contributed by atoms with E-state index in [1.807, 2.05) is 6.08 Å². The molecule has 0 bridgehead atoms. The number of carbonyl (C=O) groups excluding carboxylic acids is 1. The van der Waals surface area contributed by atoms with Crippen molar-refractivity contribution < 1.29 is 9.53 Å². The molecule has 2 rings (SSSR count). The molecular weight excluding hydrogens is 353 g/mol. The number of ketones is 1. The Morgan fingerprint density at radius 1 is 1.26 bits per heavy atom. The molecule has 1 aliphatic heterocycles. The Hall–Kier alpha value is -0.910. The second-order valence-electron chi connectivity index (χ2n) is 4.65. The molecule has 0 aromatic heterocycles. The van der Waals surface area contributed by atoms with Crippen molar-refractivity contribution in [2.24, 2.45) is 4.99 Å². The summed E-state index contributed by atoms with van der Waals surface area (Å²) in [4.78, 5) is 16.6. The smallest absolute Gasteiger partial charge is 0.217 e. The lowest BCUT2D eigenvalue weighted by atomic mass is 9.97. The van der Waals surface area contributed by atoms with Crippen LogP contribution in [0.3, 0.4) is 0 Å². The van der Waals surface area contributed by atoms with Gasteiger partial charge in [-0.3, -0.25) is 4.79 Å². The van der Waals surface area contributed by atoms with Crippen LogP contribution in [-0.2, 0) is 9.53 Å². The summed E-state index contributed by atoms with van der Waals surface area (Å²) in [7, 11) is 0. The zero-order chi connectivity index (χ0) is 13.8. The van der Waals surface area contributed by atoms with E-state index in [9.17, 15) is 4.79 Å². The lowest BCUT2D eigenvalue weighted by Crippen LogP contribution is -2.10. The van der Waals surface area contributed by atoms with Crippen molar-refractivity contribution >= 4 is 34.3 Å². The average molecular weight is 371 g/mol. The van der Waals surface area contributed by atoms with Gasteiger partial charge in [-0.1, -0.05) is 26.7 Å². The molecule has 4 heteroatoms. The van der Waals surface area contributed by atoms with E-state index in [4.69, 9.17) is 4.74 Å². The molecule has 0 aromatic rings. The van der Waals surface area contributed by atoms with Crippen LogP contribution in [0.4, 0.5) is 0 Å². The Bertz CT molecular complexity index is 512. The van der Waals surface area contributed by atoms with Crippen LogP contribution < -0.4 is 0 Å². The first kappa shape index (κ1) is 14.5. The first-order chi connectivity index (χ1) is 9.17. The minimum atomic E-state index is 0.0585. The molecule has 0 atom stereocenters. The normalized spacial score (nSPS) is 18.1. The predicted octanol–water partition coefficient (Wildman–Crippen LogP) is 4.10. The molecule has 0 radical (unpaired) electrons. The number of allylic oxidation sites excluding steroid dienone is 4. The molecule has 0 fully saturated rings. The van der Waals surface area contributed by atoms with Crippen molar-refractivity contribution in [3.8, 4) is 0 Å². The molecule has 1 heterocycles. The Kier molecular flexibility index (Phi) is 4.96. The van der Waals surface area contributed by atoms with Gasteiger partial charge in [-0.2, -0.15) is 0 Å². The van der Waals surface area contributed by atoms with Crippen molar-refractivity contribution in [1.29, 1.82) is 0 Å². The number of unbranched alkanes of at least 4 members (excludes halogenated alkanes) is 1. The standard InChI is InChI=1S/C15H18INO2/c1-3-5-7-19-15-11(6-4-2)14-12(17-15)8-10(16)9-13(14)18/h8-9H,3-7H2,1-2H3. The molecule has 0 unspecified atom stereocenters. The van der Waals surface area contributed by atoms with Crippen molar-refractivity contribution in [3.63, 3.8) is 0 Å². The highest BCUT2D eigenvalue weighted by Crippen LogP contribution is 2.34. The van der Waals surface area contributed by atoms with Gasteiger partial charge in [0, 0.05) is 9.15 Å². The summed E-state index contributed by atoms with van der Waals surface area (Å²) in [5.41, 5.74) is 2.50. The topological polar surface area (TPSA) is 38.7 Å². The monoisotopic (exact) mass is 371 g/mol. The Morgan fingerprint density at radius 2 is 2.05 bits per heavy atom. The van der Waals surface area contributed by atoms with Gasteiger partial charge < -0.3 is 4.74 Å². The summed E-state index contributed by atoms with van der Waals surface area (Å²) < 4.78 is 6.68. The third-order valence-corrected chi connectivity index (χ3v) is 3.69. The first-order valence-electron chi connectivity index (χ1n) is 6.76. The summed E-state index contributed by atoms with van der Waals surface area (Å²) in [6.07, 6.45) is 7.54. The number of hydrogen-bond donors (Lipinski definition) is 0. The van der Waals surface area contributed by atoms with Crippen LogP contribution in [0, 0.1) is 0 Å². The van der Waals surface area contributed by atoms with E-state index in [2.05, 4.69) is 41.4 Å². The van der Waals surface area contributed by atoms with Gasteiger partial charge in [-0.15, -0.1) is 0 Å². The fourth-order valence-corrected chi connectivity index (χ4v) is 2.74. The van der Waals surface area contributed by atoms with Crippen LogP contribution in [0.2, 0.25) is 0 Å². The maximum absolute atomic E-state index is 12.1. The van der Waals surface area contributed by atoms with Crippen LogP contribution in [0.15, 0.2) is 37.6 Å². The zero-order valence-corrected chi connectivity index (χ0v) is 13.5. The Morgan fingerprint density at radius 3 is 2.74 bits per heavy atom. The van der Waals surface area contributed by atoms with Crippen LogP contribution in [-0.4, -0.2) is 18.3 Å². The summed E-state index contributed by atoms with van der Waals surface area (Å²) in [6.45, 7) is 4.90. The number of ether oxygens (including phenoxy) is 1. The second-order valence-corrected chi connectivity index (χ2v) is 5.89. The van der Waals surface area contributed by atoms with E-state index in [0.29, 0.717) is 12.5 Å². The predicted molar refractivity (Wildman–Crippen MR) is 85.4 cm³/mol. The lowest BCUT2D eigenvalue weighted by molar-refractivity contribution is -0.111. The molecule has 0 spiro atoms.